The van der Waals surface area contributed by atoms with Crippen molar-refractivity contribution >= 4 is 5.69 Å². The Bertz CT molecular complexity index is 388. The minimum atomic E-state index is -0.387. The zero-order chi connectivity index (χ0) is 10.8. The van der Waals surface area contributed by atoms with Gasteiger partial charge in [-0.3, -0.25) is 10.1 Å². The molecule has 1 N–H and O–H groups in total. The van der Waals surface area contributed by atoms with E-state index in [-0.39, 0.29) is 16.7 Å². The van der Waals surface area contributed by atoms with E-state index in [4.69, 9.17) is 4.74 Å². The first-order chi connectivity index (χ1) is 7.22. The molecule has 80 valence electrons. The van der Waals surface area contributed by atoms with Crippen LogP contribution in [0.2, 0.25) is 0 Å². The summed E-state index contributed by atoms with van der Waals surface area (Å²) in [6.45, 7) is 0.955. The summed E-state index contributed by atoms with van der Waals surface area (Å²) in [6, 6.07) is 4.88. The van der Waals surface area contributed by atoms with E-state index in [0.29, 0.717) is 5.75 Å². The maximum Gasteiger partial charge on any atom is 0.270 e. The van der Waals surface area contributed by atoms with Gasteiger partial charge in [-0.25, -0.2) is 0 Å². The van der Waals surface area contributed by atoms with Crippen LogP contribution in [0.1, 0.15) is 18.0 Å². The van der Waals surface area contributed by atoms with E-state index in [1.165, 1.54) is 6.07 Å². The van der Waals surface area contributed by atoms with E-state index >= 15 is 0 Å². The molecule has 1 aromatic carbocycles. The van der Waals surface area contributed by atoms with Gasteiger partial charge in [-0.15, -0.1) is 0 Å². The number of benzene rings is 1. The Labute approximate surface area is 87.2 Å². The predicted octanol–water partition coefficient (Wildman–Crippen LogP) is 1.64. The van der Waals surface area contributed by atoms with Crippen LogP contribution in [0.15, 0.2) is 18.2 Å². The molecule has 0 radical (unpaired) electrons. The second-order valence-electron chi connectivity index (χ2n) is 3.48. The smallest absolute Gasteiger partial charge is 0.270 e. The van der Waals surface area contributed by atoms with Gasteiger partial charge in [0, 0.05) is 23.7 Å². The van der Waals surface area contributed by atoms with Crippen LogP contribution in [-0.2, 0) is 0 Å². The van der Waals surface area contributed by atoms with Crippen LogP contribution in [0.4, 0.5) is 5.69 Å². The largest absolute Gasteiger partial charge is 0.496 e. The van der Waals surface area contributed by atoms with Gasteiger partial charge in [0.15, 0.2) is 0 Å². The van der Waals surface area contributed by atoms with Gasteiger partial charge in [0.25, 0.3) is 5.69 Å². The fourth-order valence-corrected chi connectivity index (χ4v) is 1.66. The van der Waals surface area contributed by atoms with Gasteiger partial charge in [-0.05, 0) is 19.0 Å². The van der Waals surface area contributed by atoms with E-state index in [1.54, 1.807) is 19.2 Å². The minimum absolute atomic E-state index is 0.111. The fraction of sp³-hybridized carbons (Fsp3) is 0.400. The summed E-state index contributed by atoms with van der Waals surface area (Å²) in [5.41, 5.74) is 0.984. The van der Waals surface area contributed by atoms with Crippen molar-refractivity contribution < 1.29 is 9.66 Å². The van der Waals surface area contributed by atoms with Crippen molar-refractivity contribution in [3.8, 4) is 5.75 Å². The van der Waals surface area contributed by atoms with Crippen LogP contribution >= 0.6 is 0 Å². The molecule has 1 aliphatic heterocycles. The second-order valence-corrected chi connectivity index (χ2v) is 3.48. The van der Waals surface area contributed by atoms with Crippen LogP contribution < -0.4 is 10.1 Å². The molecule has 0 saturated carbocycles. The van der Waals surface area contributed by atoms with E-state index in [2.05, 4.69) is 5.32 Å². The average molecular weight is 208 g/mol. The Hall–Kier alpha value is -1.62. The zero-order valence-electron chi connectivity index (χ0n) is 8.40. The van der Waals surface area contributed by atoms with Crippen molar-refractivity contribution in [2.45, 2.75) is 12.5 Å². The molecule has 5 nitrogen and oxygen atoms in total. The number of nitro groups is 1. The van der Waals surface area contributed by atoms with Crippen LogP contribution in [0.3, 0.4) is 0 Å². The summed E-state index contributed by atoms with van der Waals surface area (Å²) in [5.74, 6) is 0.706. The van der Waals surface area contributed by atoms with Gasteiger partial charge >= 0.3 is 0 Å². The van der Waals surface area contributed by atoms with Crippen LogP contribution in [0.25, 0.3) is 0 Å². The summed E-state index contributed by atoms with van der Waals surface area (Å²) in [7, 11) is 1.57. The van der Waals surface area contributed by atoms with Crippen molar-refractivity contribution in [2.75, 3.05) is 13.7 Å². The number of ether oxygens (including phenoxy) is 1. The van der Waals surface area contributed by atoms with E-state index in [0.717, 1.165) is 18.5 Å². The number of methoxy groups -OCH3 is 1. The number of hydrogen-bond acceptors (Lipinski definition) is 4. The molecule has 0 spiro atoms. The molecule has 5 heteroatoms. The Morgan fingerprint density at radius 1 is 1.60 bits per heavy atom. The summed E-state index contributed by atoms with van der Waals surface area (Å²) < 4.78 is 5.17. The van der Waals surface area contributed by atoms with Gasteiger partial charge in [0.05, 0.1) is 12.0 Å². The van der Waals surface area contributed by atoms with Crippen molar-refractivity contribution in [3.05, 3.63) is 33.9 Å². The molecule has 1 aromatic rings. The predicted molar refractivity (Wildman–Crippen MR) is 55.0 cm³/mol. The van der Waals surface area contributed by atoms with Gasteiger partial charge in [0.2, 0.25) is 0 Å². The molecular formula is C10H12N2O3. The van der Waals surface area contributed by atoms with Gasteiger partial charge in [-0.1, -0.05) is 0 Å². The molecule has 1 heterocycles. The quantitative estimate of drug-likeness (QED) is 0.605. The summed E-state index contributed by atoms with van der Waals surface area (Å²) >= 11 is 0. The molecule has 0 aromatic heterocycles. The third kappa shape index (κ3) is 1.78. The summed E-state index contributed by atoms with van der Waals surface area (Å²) in [5, 5.41) is 13.8. The average Bonchev–Trinajstić information content (AvgIpc) is 2.15. The third-order valence-electron chi connectivity index (χ3n) is 2.62. The van der Waals surface area contributed by atoms with Crippen LogP contribution in [-0.4, -0.2) is 18.6 Å². The first kappa shape index (κ1) is 9.92. The Balaban J connectivity index is 2.38. The van der Waals surface area contributed by atoms with Gasteiger partial charge < -0.3 is 10.1 Å². The highest BCUT2D eigenvalue weighted by Crippen LogP contribution is 2.33. The van der Waals surface area contributed by atoms with Crippen molar-refractivity contribution in [2.24, 2.45) is 0 Å². The molecule has 1 unspecified atom stereocenters. The molecule has 0 bridgehead atoms. The number of nitrogens with zero attached hydrogens (tertiary/aromatic N) is 1. The fourth-order valence-electron chi connectivity index (χ4n) is 1.66. The maximum absolute atomic E-state index is 10.6. The molecule has 0 aliphatic carbocycles. The monoisotopic (exact) mass is 208 g/mol. The molecule has 1 saturated heterocycles. The molecule has 15 heavy (non-hydrogen) atoms. The lowest BCUT2D eigenvalue weighted by Crippen LogP contribution is -2.35. The van der Waals surface area contributed by atoms with Crippen molar-refractivity contribution in [1.29, 1.82) is 0 Å². The van der Waals surface area contributed by atoms with E-state index in [1.807, 2.05) is 0 Å². The first-order valence-corrected chi connectivity index (χ1v) is 4.78. The summed E-state index contributed by atoms with van der Waals surface area (Å²) in [6.07, 6.45) is 0.998. The molecule has 1 atom stereocenters. The second kappa shape index (κ2) is 3.86. The third-order valence-corrected chi connectivity index (χ3v) is 2.62. The highest BCUT2D eigenvalue weighted by molar-refractivity contribution is 5.46. The van der Waals surface area contributed by atoms with E-state index in [9.17, 15) is 10.1 Å². The van der Waals surface area contributed by atoms with Crippen molar-refractivity contribution in [3.63, 3.8) is 0 Å². The highest BCUT2D eigenvalue weighted by Gasteiger charge is 2.24. The Morgan fingerprint density at radius 2 is 2.33 bits per heavy atom. The Morgan fingerprint density at radius 3 is 2.80 bits per heavy atom. The zero-order valence-corrected chi connectivity index (χ0v) is 8.40. The standard InChI is InChI=1S/C10H12N2O3/c1-15-10-3-2-7(12(13)14)6-8(10)9-4-5-11-9/h2-3,6,9,11H,4-5H2,1H3. The number of hydrogen-bond donors (Lipinski definition) is 1. The Kier molecular flexibility index (Phi) is 2.55. The number of rotatable bonds is 3. The number of non-ortho nitro benzene ring substituents is 1. The van der Waals surface area contributed by atoms with Gasteiger partial charge in [0.1, 0.15) is 5.75 Å². The number of nitro benzene ring substituents is 1. The molecular weight excluding hydrogens is 196 g/mol. The molecule has 2 rings (SSSR count). The van der Waals surface area contributed by atoms with Crippen molar-refractivity contribution in [1.82, 2.24) is 5.32 Å². The molecule has 1 fully saturated rings. The lowest BCUT2D eigenvalue weighted by Gasteiger charge is -2.28. The lowest BCUT2D eigenvalue weighted by molar-refractivity contribution is -0.385. The van der Waals surface area contributed by atoms with Gasteiger partial charge in [-0.2, -0.15) is 0 Å². The van der Waals surface area contributed by atoms with E-state index < -0.39 is 0 Å². The normalized spacial score (nSPS) is 19.4. The molecule has 0 amide bonds. The first-order valence-electron chi connectivity index (χ1n) is 4.78. The minimum Gasteiger partial charge on any atom is -0.496 e. The van der Waals surface area contributed by atoms with Crippen LogP contribution in [0, 0.1) is 10.1 Å². The summed E-state index contributed by atoms with van der Waals surface area (Å²) in [4.78, 5) is 10.2. The topological polar surface area (TPSA) is 64.4 Å². The molecule has 1 aliphatic rings. The maximum atomic E-state index is 10.6. The SMILES string of the molecule is COc1ccc([N+](=O)[O-])cc1C1CCN1. The highest BCUT2D eigenvalue weighted by atomic mass is 16.6. The lowest BCUT2D eigenvalue weighted by atomic mass is 9.96. The number of nitrogens with one attached hydrogen (secondary N) is 1. The van der Waals surface area contributed by atoms with Crippen LogP contribution in [0.5, 0.6) is 5.75 Å².